The van der Waals surface area contributed by atoms with Gasteiger partial charge in [0.1, 0.15) is 0 Å². The molecular weight excluding hydrogens is 388 g/mol. The SMILES string of the molecule is CC(C)(C)NCCn1c(-c2ccc(Br)cc2)cn2c3ccccc3nc12. The number of nitrogens with one attached hydrogen (secondary N) is 1. The molecule has 26 heavy (non-hydrogen) atoms. The van der Waals surface area contributed by atoms with Crippen LogP contribution in [-0.2, 0) is 6.54 Å². The molecule has 0 bridgehead atoms. The van der Waals surface area contributed by atoms with Gasteiger partial charge in [-0.1, -0.05) is 40.2 Å². The molecular formula is C21H23BrN4. The number of hydrogen-bond donors (Lipinski definition) is 1. The van der Waals surface area contributed by atoms with Crippen LogP contribution >= 0.6 is 15.9 Å². The zero-order valence-corrected chi connectivity index (χ0v) is 16.9. The van der Waals surface area contributed by atoms with E-state index < -0.39 is 0 Å². The molecule has 0 aliphatic heterocycles. The highest BCUT2D eigenvalue weighted by atomic mass is 79.9. The average Bonchev–Trinajstić information content (AvgIpc) is 3.11. The third-order valence-corrected chi connectivity index (χ3v) is 5.02. The summed E-state index contributed by atoms with van der Waals surface area (Å²) in [5.41, 5.74) is 4.65. The Kier molecular flexibility index (Phi) is 4.37. The van der Waals surface area contributed by atoms with Crippen molar-refractivity contribution in [2.45, 2.75) is 32.9 Å². The highest BCUT2D eigenvalue weighted by molar-refractivity contribution is 9.10. The summed E-state index contributed by atoms with van der Waals surface area (Å²) in [6.07, 6.45) is 2.20. The fourth-order valence-electron chi connectivity index (χ4n) is 3.26. The van der Waals surface area contributed by atoms with Crippen molar-refractivity contribution >= 4 is 32.7 Å². The molecule has 0 saturated carbocycles. The largest absolute Gasteiger partial charge is 0.310 e. The van der Waals surface area contributed by atoms with E-state index in [1.54, 1.807) is 0 Å². The van der Waals surface area contributed by atoms with Gasteiger partial charge in [-0.25, -0.2) is 4.98 Å². The van der Waals surface area contributed by atoms with E-state index in [1.165, 1.54) is 11.3 Å². The Hall–Kier alpha value is -2.11. The van der Waals surface area contributed by atoms with Crippen molar-refractivity contribution in [3.05, 3.63) is 59.2 Å². The highest BCUT2D eigenvalue weighted by Gasteiger charge is 2.16. The zero-order valence-electron chi connectivity index (χ0n) is 15.3. The molecule has 0 fully saturated rings. The minimum absolute atomic E-state index is 0.0986. The fourth-order valence-corrected chi connectivity index (χ4v) is 3.53. The Labute approximate surface area is 162 Å². The Morgan fingerprint density at radius 3 is 2.50 bits per heavy atom. The van der Waals surface area contributed by atoms with Crippen LogP contribution in [0.3, 0.4) is 0 Å². The number of nitrogens with zero attached hydrogens (tertiary/aromatic N) is 3. The van der Waals surface area contributed by atoms with E-state index in [4.69, 9.17) is 4.98 Å². The molecule has 0 aliphatic carbocycles. The van der Waals surface area contributed by atoms with E-state index >= 15 is 0 Å². The minimum atomic E-state index is 0.0986. The second-order valence-corrected chi connectivity index (χ2v) is 8.54. The van der Waals surface area contributed by atoms with E-state index in [2.05, 4.69) is 99.6 Å². The molecule has 0 aliphatic rings. The van der Waals surface area contributed by atoms with Gasteiger partial charge in [-0.2, -0.15) is 0 Å². The normalized spacial score (nSPS) is 12.3. The quantitative estimate of drug-likeness (QED) is 0.507. The number of imidazole rings is 2. The van der Waals surface area contributed by atoms with E-state index in [9.17, 15) is 0 Å². The Bertz CT molecular complexity index is 1050. The predicted molar refractivity (Wildman–Crippen MR) is 112 cm³/mol. The van der Waals surface area contributed by atoms with E-state index in [0.29, 0.717) is 0 Å². The van der Waals surface area contributed by atoms with Crippen molar-refractivity contribution in [2.75, 3.05) is 6.54 Å². The molecule has 0 spiro atoms. The van der Waals surface area contributed by atoms with Gasteiger partial charge in [0.25, 0.3) is 0 Å². The predicted octanol–water partition coefficient (Wildman–Crippen LogP) is 5.11. The van der Waals surface area contributed by atoms with Gasteiger partial charge in [-0.3, -0.25) is 4.40 Å². The van der Waals surface area contributed by atoms with Crippen LogP contribution in [-0.4, -0.2) is 26.0 Å². The number of benzene rings is 2. The van der Waals surface area contributed by atoms with Crippen molar-refractivity contribution in [1.82, 2.24) is 19.3 Å². The lowest BCUT2D eigenvalue weighted by atomic mass is 10.1. The van der Waals surface area contributed by atoms with Gasteiger partial charge in [-0.15, -0.1) is 0 Å². The maximum atomic E-state index is 4.88. The first-order chi connectivity index (χ1) is 12.4. The Morgan fingerprint density at radius 1 is 1.04 bits per heavy atom. The first-order valence-corrected chi connectivity index (χ1v) is 9.69. The summed E-state index contributed by atoms with van der Waals surface area (Å²) in [5, 5.41) is 3.58. The molecule has 2 aromatic heterocycles. The van der Waals surface area contributed by atoms with Crippen LogP contribution in [0, 0.1) is 0 Å². The van der Waals surface area contributed by atoms with Crippen LogP contribution < -0.4 is 5.32 Å². The summed E-state index contributed by atoms with van der Waals surface area (Å²) in [6, 6.07) is 16.8. The first-order valence-electron chi connectivity index (χ1n) is 8.90. The lowest BCUT2D eigenvalue weighted by Gasteiger charge is -2.21. The van der Waals surface area contributed by atoms with Gasteiger partial charge < -0.3 is 9.88 Å². The number of rotatable bonds is 4. The summed E-state index contributed by atoms with van der Waals surface area (Å²) in [6.45, 7) is 8.33. The molecule has 2 aromatic carbocycles. The van der Waals surface area contributed by atoms with Gasteiger partial charge in [-0.05, 0) is 50.6 Å². The molecule has 4 nitrogen and oxygen atoms in total. The van der Waals surface area contributed by atoms with Crippen molar-refractivity contribution in [1.29, 1.82) is 0 Å². The molecule has 0 atom stereocenters. The molecule has 1 N–H and O–H groups in total. The van der Waals surface area contributed by atoms with Crippen LogP contribution in [0.2, 0.25) is 0 Å². The topological polar surface area (TPSA) is 34.3 Å². The van der Waals surface area contributed by atoms with Crippen LogP contribution in [0.1, 0.15) is 20.8 Å². The summed E-state index contributed by atoms with van der Waals surface area (Å²) in [5.74, 6) is 0.986. The monoisotopic (exact) mass is 410 g/mol. The van der Waals surface area contributed by atoms with E-state index in [-0.39, 0.29) is 5.54 Å². The fraction of sp³-hybridized carbons (Fsp3) is 0.286. The van der Waals surface area contributed by atoms with Gasteiger partial charge in [0, 0.05) is 29.3 Å². The number of hydrogen-bond acceptors (Lipinski definition) is 2. The van der Waals surface area contributed by atoms with E-state index in [0.717, 1.165) is 34.4 Å². The van der Waals surface area contributed by atoms with Gasteiger partial charge in [0.15, 0.2) is 0 Å². The van der Waals surface area contributed by atoms with Gasteiger partial charge in [0.2, 0.25) is 5.78 Å². The number of halogens is 1. The summed E-state index contributed by atoms with van der Waals surface area (Å²) >= 11 is 3.53. The Balaban J connectivity index is 1.83. The Morgan fingerprint density at radius 2 is 1.77 bits per heavy atom. The summed E-state index contributed by atoms with van der Waals surface area (Å²) in [4.78, 5) is 4.88. The third-order valence-electron chi connectivity index (χ3n) is 4.49. The van der Waals surface area contributed by atoms with Gasteiger partial charge in [0.05, 0.1) is 16.7 Å². The minimum Gasteiger partial charge on any atom is -0.310 e. The maximum absolute atomic E-state index is 4.88. The number of fused-ring (bicyclic) bond motifs is 3. The second-order valence-electron chi connectivity index (χ2n) is 7.62. The molecule has 0 unspecified atom stereocenters. The van der Waals surface area contributed by atoms with Crippen molar-refractivity contribution in [2.24, 2.45) is 0 Å². The van der Waals surface area contributed by atoms with Crippen LogP contribution in [0.15, 0.2) is 59.2 Å². The average molecular weight is 411 g/mol. The summed E-state index contributed by atoms with van der Waals surface area (Å²) < 4.78 is 5.59. The maximum Gasteiger partial charge on any atom is 0.215 e. The number of para-hydroxylation sites is 2. The third kappa shape index (κ3) is 3.29. The van der Waals surface area contributed by atoms with Crippen molar-refractivity contribution < 1.29 is 0 Å². The molecule has 0 amide bonds. The first kappa shape index (κ1) is 17.3. The molecule has 2 heterocycles. The zero-order chi connectivity index (χ0) is 18.3. The second kappa shape index (κ2) is 6.56. The van der Waals surface area contributed by atoms with Crippen LogP contribution in [0.5, 0.6) is 0 Å². The highest BCUT2D eigenvalue weighted by Crippen LogP contribution is 2.27. The smallest absolute Gasteiger partial charge is 0.215 e. The molecule has 5 heteroatoms. The van der Waals surface area contributed by atoms with Crippen LogP contribution in [0.25, 0.3) is 28.1 Å². The van der Waals surface area contributed by atoms with Gasteiger partial charge >= 0.3 is 0 Å². The molecule has 0 radical (unpaired) electrons. The molecule has 4 aromatic rings. The molecule has 134 valence electrons. The standard InChI is InChI=1S/C21H23BrN4/c1-21(2,3)23-12-13-25-19(15-8-10-16(22)11-9-15)14-26-18-7-5-4-6-17(18)24-20(25)26/h4-11,14,23H,12-13H2,1-3H3. The van der Waals surface area contributed by atoms with Crippen molar-refractivity contribution in [3.63, 3.8) is 0 Å². The molecule has 0 saturated heterocycles. The molecule has 4 rings (SSSR count). The lowest BCUT2D eigenvalue weighted by Crippen LogP contribution is -2.37. The number of aromatic nitrogens is 3. The van der Waals surface area contributed by atoms with Crippen molar-refractivity contribution in [3.8, 4) is 11.3 Å². The summed E-state index contributed by atoms with van der Waals surface area (Å²) in [7, 11) is 0. The lowest BCUT2D eigenvalue weighted by molar-refractivity contribution is 0.414. The van der Waals surface area contributed by atoms with Crippen LogP contribution in [0.4, 0.5) is 0 Å². The van der Waals surface area contributed by atoms with E-state index in [1.807, 2.05) is 6.07 Å².